The third kappa shape index (κ3) is 3.79. The van der Waals surface area contributed by atoms with Gasteiger partial charge in [-0.3, -0.25) is 9.88 Å². The van der Waals surface area contributed by atoms with Crippen molar-refractivity contribution in [3.05, 3.63) is 53.8 Å². The molecule has 1 aliphatic heterocycles. The van der Waals surface area contributed by atoms with E-state index in [1.54, 1.807) is 12.3 Å². The van der Waals surface area contributed by atoms with Crippen LogP contribution in [0.15, 0.2) is 24.5 Å². The predicted molar refractivity (Wildman–Crippen MR) is 94.7 cm³/mol. The van der Waals surface area contributed by atoms with Gasteiger partial charge in [-0.05, 0) is 51.4 Å². The summed E-state index contributed by atoms with van der Waals surface area (Å²) in [4.78, 5) is 11.1. The van der Waals surface area contributed by atoms with Gasteiger partial charge in [0.05, 0.1) is 5.69 Å². The molecule has 2 aromatic rings. The minimum atomic E-state index is -0.102. The summed E-state index contributed by atoms with van der Waals surface area (Å²) in [5.41, 5.74) is 1.98. The normalized spacial score (nSPS) is 18.0. The molecular weight excluding hydrogens is 324 g/mol. The Bertz CT molecular complexity index is 692. The maximum absolute atomic E-state index is 9.99. The van der Waals surface area contributed by atoms with Crippen molar-refractivity contribution < 1.29 is 5.11 Å². The molecule has 1 N–H and O–H groups in total. The average molecular weight is 348 g/mol. The highest BCUT2D eigenvalue weighted by atomic mass is 35.5. The Morgan fingerprint density at radius 3 is 2.67 bits per heavy atom. The second-order valence-electron chi connectivity index (χ2n) is 6.80. The van der Waals surface area contributed by atoms with Gasteiger partial charge >= 0.3 is 0 Å². The summed E-state index contributed by atoms with van der Waals surface area (Å²) in [5, 5.41) is 10.7. The number of aryl methyl sites for hydroxylation is 1. The van der Waals surface area contributed by atoms with Crippen LogP contribution in [0.5, 0.6) is 0 Å². The molecule has 3 rings (SSSR count). The van der Waals surface area contributed by atoms with E-state index in [4.69, 9.17) is 11.6 Å². The topological polar surface area (TPSA) is 54.2 Å². The number of likely N-dealkylation sites (tertiary alicyclic amines) is 1. The number of rotatable bonds is 5. The monoisotopic (exact) mass is 347 g/mol. The molecule has 0 atom stereocenters. The Balaban J connectivity index is 1.62. The molecule has 1 fully saturated rings. The van der Waals surface area contributed by atoms with Gasteiger partial charge in [0.2, 0.25) is 0 Å². The van der Waals surface area contributed by atoms with Crippen LogP contribution in [0.1, 0.15) is 30.1 Å². The summed E-state index contributed by atoms with van der Waals surface area (Å²) in [6, 6.07) is 3.68. The number of hydrogen-bond acceptors (Lipinski definition) is 4. The Morgan fingerprint density at radius 2 is 2.08 bits per heavy atom. The van der Waals surface area contributed by atoms with Crippen molar-refractivity contribution in [1.29, 1.82) is 0 Å². The molecule has 129 valence electrons. The molecule has 0 bridgehead atoms. The number of aliphatic hydroxyl groups is 1. The number of nitrogens with zero attached hydrogens (tertiary/aromatic N) is 4. The van der Waals surface area contributed by atoms with Crippen LogP contribution in [0.25, 0.3) is 0 Å². The van der Waals surface area contributed by atoms with E-state index in [1.165, 1.54) is 0 Å². The summed E-state index contributed by atoms with van der Waals surface area (Å²) >= 11 is 6.06. The first kappa shape index (κ1) is 17.4. The number of hydrogen-bond donors (Lipinski definition) is 1. The first-order valence-corrected chi connectivity index (χ1v) is 8.67. The van der Waals surface area contributed by atoms with Gasteiger partial charge in [0.1, 0.15) is 5.82 Å². The Morgan fingerprint density at radius 1 is 1.33 bits per heavy atom. The molecule has 24 heavy (non-hydrogen) atoms. The molecule has 0 spiro atoms. The van der Waals surface area contributed by atoms with E-state index in [0.29, 0.717) is 5.02 Å². The molecule has 3 heterocycles. The third-order valence-corrected chi connectivity index (χ3v) is 5.35. The molecule has 2 aromatic heterocycles. The van der Waals surface area contributed by atoms with E-state index < -0.39 is 0 Å². The highest BCUT2D eigenvalue weighted by Gasteiger charge is 2.34. The second-order valence-corrected chi connectivity index (χ2v) is 7.24. The van der Waals surface area contributed by atoms with Crippen molar-refractivity contribution in [2.24, 2.45) is 5.41 Å². The Hall–Kier alpha value is -1.43. The maximum Gasteiger partial charge on any atom is 0.105 e. The second kappa shape index (κ2) is 7.21. The van der Waals surface area contributed by atoms with Crippen LogP contribution in [-0.4, -0.2) is 44.2 Å². The van der Waals surface area contributed by atoms with Crippen molar-refractivity contribution in [2.45, 2.75) is 32.7 Å². The molecule has 6 heteroatoms. The van der Waals surface area contributed by atoms with Gasteiger partial charge in [-0.2, -0.15) is 0 Å². The van der Waals surface area contributed by atoms with Crippen LogP contribution in [0.2, 0.25) is 5.02 Å². The molecule has 0 amide bonds. The molecule has 1 aliphatic rings. The number of aliphatic hydroxyl groups excluding tert-OH is 1. The van der Waals surface area contributed by atoms with Gasteiger partial charge < -0.3 is 9.67 Å². The van der Waals surface area contributed by atoms with Crippen molar-refractivity contribution in [3.63, 3.8) is 0 Å². The number of imidazole rings is 1. The predicted octanol–water partition coefficient (Wildman–Crippen LogP) is 2.70. The molecule has 0 unspecified atom stereocenters. The first-order chi connectivity index (χ1) is 11.5. The van der Waals surface area contributed by atoms with Crippen LogP contribution < -0.4 is 0 Å². The van der Waals surface area contributed by atoms with E-state index in [9.17, 15) is 5.11 Å². The summed E-state index contributed by atoms with van der Waals surface area (Å²) < 4.78 is 1.89. The highest BCUT2D eigenvalue weighted by molar-refractivity contribution is 6.30. The smallest absolute Gasteiger partial charge is 0.105 e. The molecule has 1 saturated heterocycles. The average Bonchev–Trinajstić information content (AvgIpc) is 2.89. The quantitative estimate of drug-likeness (QED) is 0.903. The lowest BCUT2D eigenvalue weighted by Gasteiger charge is -2.40. The zero-order valence-electron chi connectivity index (χ0n) is 14.1. The zero-order chi connectivity index (χ0) is 17.2. The van der Waals surface area contributed by atoms with Crippen LogP contribution in [0, 0.1) is 19.4 Å². The summed E-state index contributed by atoms with van der Waals surface area (Å²) in [7, 11) is 4.02. The van der Waals surface area contributed by atoms with E-state index in [0.717, 1.165) is 56.1 Å². The fourth-order valence-corrected chi connectivity index (χ4v) is 3.56. The SMILES string of the molecule is [CH2]n1c(CN2CCC(CO)(Cc3cc(Cl)ccn3)CC2)cnc1C. The minimum Gasteiger partial charge on any atom is -0.396 e. The van der Waals surface area contributed by atoms with Gasteiger partial charge in [0.25, 0.3) is 0 Å². The third-order valence-electron chi connectivity index (χ3n) is 5.11. The van der Waals surface area contributed by atoms with E-state index >= 15 is 0 Å². The Kier molecular flexibility index (Phi) is 5.23. The standard InChI is InChI=1S/C18H24ClN4O/c1-14-21-11-17(22(14)2)12-23-7-4-18(13-24,5-8-23)10-16-9-15(19)3-6-20-16/h3,6,9,11,24H,2,4-5,7-8,10,12-13H2,1H3. The first-order valence-electron chi connectivity index (χ1n) is 8.29. The van der Waals surface area contributed by atoms with Crippen LogP contribution in [0.4, 0.5) is 0 Å². The maximum atomic E-state index is 9.99. The van der Waals surface area contributed by atoms with Gasteiger partial charge in [0, 0.05) is 48.7 Å². The molecule has 1 radical (unpaired) electrons. The van der Waals surface area contributed by atoms with Crippen molar-refractivity contribution in [1.82, 2.24) is 19.4 Å². The van der Waals surface area contributed by atoms with E-state index in [1.807, 2.05) is 23.8 Å². The van der Waals surface area contributed by atoms with Crippen molar-refractivity contribution in [3.8, 4) is 0 Å². The van der Waals surface area contributed by atoms with Crippen molar-refractivity contribution >= 4 is 11.6 Å². The van der Waals surface area contributed by atoms with Gasteiger partial charge in [-0.25, -0.2) is 4.98 Å². The molecule has 0 saturated carbocycles. The summed E-state index contributed by atoms with van der Waals surface area (Å²) in [5.74, 6) is 0.929. The largest absolute Gasteiger partial charge is 0.396 e. The fourth-order valence-electron chi connectivity index (χ4n) is 3.38. The highest BCUT2D eigenvalue weighted by Crippen LogP contribution is 2.35. The fraction of sp³-hybridized carbons (Fsp3) is 0.500. The van der Waals surface area contributed by atoms with Crippen LogP contribution in [-0.2, 0) is 13.0 Å². The lowest BCUT2D eigenvalue weighted by Crippen LogP contribution is -2.43. The number of aromatic nitrogens is 3. The lowest BCUT2D eigenvalue weighted by molar-refractivity contribution is 0.0400. The number of pyridine rings is 1. The number of halogens is 1. The van der Waals surface area contributed by atoms with Gasteiger partial charge in [0.15, 0.2) is 0 Å². The lowest BCUT2D eigenvalue weighted by atomic mass is 9.75. The zero-order valence-corrected chi connectivity index (χ0v) is 14.8. The van der Waals surface area contributed by atoms with E-state index in [-0.39, 0.29) is 12.0 Å². The summed E-state index contributed by atoms with van der Waals surface area (Å²) in [6.07, 6.45) is 6.29. The molecule has 0 aliphatic carbocycles. The van der Waals surface area contributed by atoms with Gasteiger partial charge in [-0.1, -0.05) is 11.6 Å². The molecule has 0 aromatic carbocycles. The summed E-state index contributed by atoms with van der Waals surface area (Å²) in [6.45, 7) is 4.89. The Labute approximate surface area is 148 Å². The minimum absolute atomic E-state index is 0.102. The molecular formula is C18H24ClN4O. The number of piperidine rings is 1. The van der Waals surface area contributed by atoms with Crippen LogP contribution in [0.3, 0.4) is 0 Å². The van der Waals surface area contributed by atoms with Crippen molar-refractivity contribution in [2.75, 3.05) is 19.7 Å². The van der Waals surface area contributed by atoms with E-state index in [2.05, 4.69) is 21.9 Å². The molecule has 5 nitrogen and oxygen atoms in total. The van der Waals surface area contributed by atoms with Crippen LogP contribution >= 0.6 is 11.6 Å². The van der Waals surface area contributed by atoms with Gasteiger partial charge in [-0.15, -0.1) is 0 Å².